The molecule has 0 fully saturated rings. The summed E-state index contributed by atoms with van der Waals surface area (Å²) in [5, 5.41) is 13.7. The van der Waals surface area contributed by atoms with Crippen LogP contribution in [-0.2, 0) is 16.1 Å². The summed E-state index contributed by atoms with van der Waals surface area (Å²) in [6.45, 7) is 5.79. The molecular weight excluding hydrogens is 402 g/mol. The molecule has 0 aliphatic carbocycles. The van der Waals surface area contributed by atoms with Crippen LogP contribution >= 0.6 is 0 Å². The molecule has 1 N–H and O–H groups in total. The van der Waals surface area contributed by atoms with Crippen molar-refractivity contribution in [2.45, 2.75) is 33.4 Å². The van der Waals surface area contributed by atoms with Crippen molar-refractivity contribution < 1.29 is 24.0 Å². The number of nitro benzene ring substituents is 1. The lowest BCUT2D eigenvalue weighted by atomic mass is 10.1. The van der Waals surface area contributed by atoms with E-state index in [1.54, 1.807) is 6.92 Å². The molecule has 0 unspecified atom stereocenters. The molecule has 9 heteroatoms. The van der Waals surface area contributed by atoms with Gasteiger partial charge in [-0.05, 0) is 32.4 Å². The normalized spacial score (nSPS) is 11.4. The third-order valence-electron chi connectivity index (χ3n) is 4.70. The summed E-state index contributed by atoms with van der Waals surface area (Å²) in [5.41, 5.74) is 1.77. The summed E-state index contributed by atoms with van der Waals surface area (Å²) in [6.07, 6.45) is 0. The first-order valence-corrected chi connectivity index (χ1v) is 9.84. The van der Waals surface area contributed by atoms with E-state index in [-0.39, 0.29) is 36.2 Å². The van der Waals surface area contributed by atoms with Crippen LogP contribution in [0.25, 0.3) is 0 Å². The minimum Gasteiger partial charge on any atom is -0.490 e. The highest BCUT2D eigenvalue weighted by atomic mass is 16.6. The number of hydrogen-bond acceptors (Lipinski definition) is 6. The highest BCUT2D eigenvalue weighted by Crippen LogP contribution is 2.30. The maximum atomic E-state index is 12.9. The van der Waals surface area contributed by atoms with E-state index in [0.717, 1.165) is 11.1 Å². The van der Waals surface area contributed by atoms with Gasteiger partial charge in [0.05, 0.1) is 12.0 Å². The number of carbonyl (C=O) groups is 2. The first kappa shape index (κ1) is 23.7. The minimum atomic E-state index is -0.705. The quantitative estimate of drug-likeness (QED) is 0.459. The molecule has 9 nitrogen and oxygen atoms in total. The monoisotopic (exact) mass is 429 g/mol. The van der Waals surface area contributed by atoms with E-state index in [9.17, 15) is 19.7 Å². The van der Waals surface area contributed by atoms with Crippen molar-refractivity contribution >= 4 is 17.5 Å². The van der Waals surface area contributed by atoms with Crippen molar-refractivity contribution in [2.24, 2.45) is 0 Å². The van der Waals surface area contributed by atoms with Crippen LogP contribution in [0.4, 0.5) is 5.69 Å². The summed E-state index contributed by atoms with van der Waals surface area (Å²) in [7, 11) is 1.31. The Kier molecular flexibility index (Phi) is 8.36. The lowest BCUT2D eigenvalue weighted by molar-refractivity contribution is -0.385. The molecule has 2 aromatic rings. The van der Waals surface area contributed by atoms with Crippen molar-refractivity contribution in [1.82, 2.24) is 10.2 Å². The van der Waals surface area contributed by atoms with E-state index in [1.807, 2.05) is 38.1 Å². The number of benzene rings is 2. The zero-order valence-corrected chi connectivity index (χ0v) is 18.1. The van der Waals surface area contributed by atoms with Crippen molar-refractivity contribution in [3.8, 4) is 11.5 Å². The zero-order chi connectivity index (χ0) is 23.0. The second kappa shape index (κ2) is 11.0. The average Bonchev–Trinajstić information content (AvgIpc) is 2.76. The van der Waals surface area contributed by atoms with Crippen LogP contribution in [0.5, 0.6) is 11.5 Å². The van der Waals surface area contributed by atoms with Gasteiger partial charge in [-0.25, -0.2) is 0 Å². The number of carbonyl (C=O) groups excluding carboxylic acids is 2. The number of ether oxygens (including phenoxy) is 2. The van der Waals surface area contributed by atoms with Crippen LogP contribution in [0, 0.1) is 17.0 Å². The van der Waals surface area contributed by atoms with Gasteiger partial charge in [0.25, 0.3) is 5.91 Å². The molecule has 166 valence electrons. The van der Waals surface area contributed by atoms with Gasteiger partial charge in [0, 0.05) is 25.2 Å². The average molecular weight is 429 g/mol. The Bertz CT molecular complexity index is 929. The van der Waals surface area contributed by atoms with Gasteiger partial charge in [0.15, 0.2) is 6.61 Å². The summed E-state index contributed by atoms with van der Waals surface area (Å²) < 4.78 is 10.6. The maximum Gasteiger partial charge on any atom is 0.311 e. The van der Waals surface area contributed by atoms with Crippen molar-refractivity contribution in [3.05, 3.63) is 63.7 Å². The van der Waals surface area contributed by atoms with Crippen molar-refractivity contribution in [1.29, 1.82) is 0 Å². The molecule has 1 atom stereocenters. The molecular formula is C22H27N3O6. The molecule has 0 bridgehead atoms. The van der Waals surface area contributed by atoms with Crippen LogP contribution in [0.2, 0.25) is 0 Å². The van der Waals surface area contributed by atoms with Crippen LogP contribution in [0.1, 0.15) is 25.0 Å². The number of nitrogens with one attached hydrogen (secondary N) is 1. The predicted octanol–water partition coefficient (Wildman–Crippen LogP) is 2.84. The highest BCUT2D eigenvalue weighted by molar-refractivity contribution is 5.87. The number of aryl methyl sites for hydroxylation is 1. The largest absolute Gasteiger partial charge is 0.490 e. The van der Waals surface area contributed by atoms with Gasteiger partial charge in [-0.15, -0.1) is 0 Å². The molecule has 0 radical (unpaired) electrons. The second-order valence-corrected chi connectivity index (χ2v) is 6.96. The Morgan fingerprint density at radius 2 is 1.87 bits per heavy atom. The van der Waals surface area contributed by atoms with Gasteiger partial charge < -0.3 is 19.7 Å². The van der Waals surface area contributed by atoms with Gasteiger partial charge in [-0.2, -0.15) is 0 Å². The van der Waals surface area contributed by atoms with Crippen LogP contribution in [-0.4, -0.2) is 47.9 Å². The third-order valence-corrected chi connectivity index (χ3v) is 4.70. The second-order valence-electron chi connectivity index (χ2n) is 6.96. The van der Waals surface area contributed by atoms with E-state index < -0.39 is 16.9 Å². The number of hydrogen-bond donors (Lipinski definition) is 1. The first-order valence-electron chi connectivity index (χ1n) is 9.84. The Morgan fingerprint density at radius 3 is 2.45 bits per heavy atom. The Balaban J connectivity index is 2.17. The molecule has 0 aliphatic heterocycles. The van der Waals surface area contributed by atoms with E-state index in [1.165, 1.54) is 30.2 Å². The molecule has 2 rings (SSSR count). The van der Waals surface area contributed by atoms with Crippen LogP contribution in [0.15, 0.2) is 42.5 Å². The smallest absolute Gasteiger partial charge is 0.311 e. The molecule has 2 aromatic carbocycles. The number of nitro groups is 1. The number of methoxy groups -OCH3 is 1. The SMILES string of the molecule is CCNC(=O)[C@H](C)N(Cc1ccc(C)cc1)C(=O)COc1ccc([N+](=O)[O-])c(OC)c1. The van der Waals surface area contributed by atoms with E-state index in [4.69, 9.17) is 9.47 Å². The zero-order valence-electron chi connectivity index (χ0n) is 18.1. The molecule has 2 amide bonds. The van der Waals surface area contributed by atoms with Gasteiger partial charge in [-0.1, -0.05) is 29.8 Å². The highest BCUT2D eigenvalue weighted by Gasteiger charge is 2.26. The molecule has 0 aliphatic rings. The molecule has 0 spiro atoms. The Morgan fingerprint density at radius 1 is 1.19 bits per heavy atom. The summed E-state index contributed by atoms with van der Waals surface area (Å²) in [4.78, 5) is 37.2. The Labute approximate surface area is 181 Å². The summed E-state index contributed by atoms with van der Waals surface area (Å²) in [5.74, 6) is -0.379. The van der Waals surface area contributed by atoms with Gasteiger partial charge in [0.2, 0.25) is 11.7 Å². The number of nitrogens with zero attached hydrogens (tertiary/aromatic N) is 2. The van der Waals surface area contributed by atoms with Gasteiger partial charge in [-0.3, -0.25) is 19.7 Å². The van der Waals surface area contributed by atoms with Crippen molar-refractivity contribution in [2.75, 3.05) is 20.3 Å². The van der Waals surface area contributed by atoms with Gasteiger partial charge in [0.1, 0.15) is 11.8 Å². The number of likely N-dealkylation sites (N-methyl/N-ethyl adjacent to an activating group) is 1. The molecule has 0 saturated heterocycles. The standard InChI is InChI=1S/C22H27N3O6/c1-5-23-22(27)16(3)24(13-17-8-6-15(2)7-9-17)21(26)14-31-18-10-11-19(25(28)29)20(12-18)30-4/h6-12,16H,5,13-14H2,1-4H3,(H,23,27)/t16-/m0/s1. The molecule has 0 aromatic heterocycles. The van der Waals surface area contributed by atoms with E-state index in [2.05, 4.69) is 5.32 Å². The van der Waals surface area contributed by atoms with E-state index in [0.29, 0.717) is 6.54 Å². The molecule has 31 heavy (non-hydrogen) atoms. The summed E-state index contributed by atoms with van der Waals surface area (Å²) in [6, 6.07) is 11.0. The van der Waals surface area contributed by atoms with Crippen LogP contribution in [0.3, 0.4) is 0 Å². The fourth-order valence-corrected chi connectivity index (χ4v) is 2.92. The fourth-order valence-electron chi connectivity index (χ4n) is 2.92. The number of amides is 2. The number of rotatable bonds is 10. The van der Waals surface area contributed by atoms with Crippen molar-refractivity contribution in [3.63, 3.8) is 0 Å². The predicted molar refractivity (Wildman–Crippen MR) is 115 cm³/mol. The topological polar surface area (TPSA) is 111 Å². The third kappa shape index (κ3) is 6.43. The summed E-state index contributed by atoms with van der Waals surface area (Å²) >= 11 is 0. The lowest BCUT2D eigenvalue weighted by Crippen LogP contribution is -2.49. The minimum absolute atomic E-state index is 0.0298. The fraction of sp³-hybridized carbons (Fsp3) is 0.364. The van der Waals surface area contributed by atoms with Gasteiger partial charge >= 0.3 is 5.69 Å². The maximum absolute atomic E-state index is 12.9. The Hall–Kier alpha value is -3.62. The lowest BCUT2D eigenvalue weighted by Gasteiger charge is -2.28. The van der Waals surface area contributed by atoms with Crippen LogP contribution < -0.4 is 14.8 Å². The molecule has 0 heterocycles. The molecule has 0 saturated carbocycles. The van der Waals surface area contributed by atoms with E-state index >= 15 is 0 Å². The first-order chi connectivity index (χ1) is 14.8.